The smallest absolute Gasteiger partial charge is 0.259 e. The SMILES string of the molecule is Clc1ccc(-c2nc(-c3cccc(Br)c3)no2)c(Cl)c1. The van der Waals surface area contributed by atoms with E-state index >= 15 is 0 Å². The van der Waals surface area contributed by atoms with E-state index in [2.05, 4.69) is 26.1 Å². The molecule has 100 valence electrons. The summed E-state index contributed by atoms with van der Waals surface area (Å²) in [6, 6.07) is 12.8. The Balaban J connectivity index is 2.02. The Morgan fingerprint density at radius 3 is 2.65 bits per heavy atom. The number of nitrogens with zero attached hydrogens (tertiary/aromatic N) is 2. The molecular weight excluding hydrogens is 363 g/mol. The Morgan fingerprint density at radius 1 is 1.05 bits per heavy atom. The molecule has 0 N–H and O–H groups in total. The summed E-state index contributed by atoms with van der Waals surface area (Å²) in [5.74, 6) is 0.869. The van der Waals surface area contributed by atoms with Crippen LogP contribution in [0.25, 0.3) is 22.8 Å². The zero-order valence-corrected chi connectivity index (χ0v) is 13.1. The molecule has 2 aromatic carbocycles. The molecule has 1 aromatic heterocycles. The fourth-order valence-electron chi connectivity index (χ4n) is 1.74. The third-order valence-corrected chi connectivity index (χ3v) is 3.71. The first-order chi connectivity index (χ1) is 9.63. The lowest BCUT2D eigenvalue weighted by Crippen LogP contribution is -1.82. The fourth-order valence-corrected chi connectivity index (χ4v) is 2.63. The van der Waals surface area contributed by atoms with Crippen molar-refractivity contribution in [1.29, 1.82) is 0 Å². The maximum absolute atomic E-state index is 6.12. The summed E-state index contributed by atoms with van der Waals surface area (Å²) in [4.78, 5) is 4.36. The quantitative estimate of drug-likeness (QED) is 0.600. The molecule has 0 saturated carbocycles. The van der Waals surface area contributed by atoms with Crippen LogP contribution in [0, 0.1) is 0 Å². The summed E-state index contributed by atoms with van der Waals surface area (Å²) in [6.45, 7) is 0. The molecule has 0 unspecified atom stereocenters. The molecule has 3 nitrogen and oxygen atoms in total. The van der Waals surface area contributed by atoms with Crippen LogP contribution in [0.15, 0.2) is 51.5 Å². The largest absolute Gasteiger partial charge is 0.334 e. The van der Waals surface area contributed by atoms with Crippen molar-refractivity contribution in [2.75, 3.05) is 0 Å². The van der Waals surface area contributed by atoms with Gasteiger partial charge in [0, 0.05) is 15.1 Å². The highest BCUT2D eigenvalue weighted by Crippen LogP contribution is 2.30. The normalized spacial score (nSPS) is 10.8. The van der Waals surface area contributed by atoms with Gasteiger partial charge in [-0.1, -0.05) is 56.4 Å². The van der Waals surface area contributed by atoms with Gasteiger partial charge in [0.05, 0.1) is 10.6 Å². The molecular formula is C14H7BrCl2N2O. The molecule has 3 aromatic rings. The monoisotopic (exact) mass is 368 g/mol. The molecule has 1 heterocycles. The number of aromatic nitrogens is 2. The van der Waals surface area contributed by atoms with Gasteiger partial charge in [0.15, 0.2) is 0 Å². The minimum Gasteiger partial charge on any atom is -0.334 e. The van der Waals surface area contributed by atoms with Crippen LogP contribution < -0.4 is 0 Å². The van der Waals surface area contributed by atoms with Crippen LogP contribution in [-0.2, 0) is 0 Å². The summed E-state index contributed by atoms with van der Waals surface area (Å²) >= 11 is 15.4. The number of rotatable bonds is 2. The van der Waals surface area contributed by atoms with Crippen molar-refractivity contribution >= 4 is 39.1 Å². The van der Waals surface area contributed by atoms with Crippen molar-refractivity contribution in [3.63, 3.8) is 0 Å². The molecule has 3 rings (SSSR count). The lowest BCUT2D eigenvalue weighted by Gasteiger charge is -1.98. The molecule has 0 fully saturated rings. The highest BCUT2D eigenvalue weighted by molar-refractivity contribution is 9.10. The number of halogens is 3. The van der Waals surface area contributed by atoms with Crippen LogP contribution in [0.2, 0.25) is 10.0 Å². The Labute approximate surface area is 133 Å². The highest BCUT2D eigenvalue weighted by atomic mass is 79.9. The predicted molar refractivity (Wildman–Crippen MR) is 82.9 cm³/mol. The van der Waals surface area contributed by atoms with Crippen LogP contribution in [0.4, 0.5) is 0 Å². The van der Waals surface area contributed by atoms with Gasteiger partial charge in [-0.15, -0.1) is 0 Å². The van der Waals surface area contributed by atoms with Crippen LogP contribution in [0.5, 0.6) is 0 Å². The molecule has 0 atom stereocenters. The van der Waals surface area contributed by atoms with E-state index < -0.39 is 0 Å². The maximum Gasteiger partial charge on any atom is 0.259 e. The van der Waals surface area contributed by atoms with Crippen molar-refractivity contribution in [1.82, 2.24) is 10.1 Å². The van der Waals surface area contributed by atoms with E-state index in [0.717, 1.165) is 10.0 Å². The van der Waals surface area contributed by atoms with Gasteiger partial charge in [0.1, 0.15) is 0 Å². The second-order valence-electron chi connectivity index (χ2n) is 4.06. The van der Waals surface area contributed by atoms with Crippen molar-refractivity contribution in [3.05, 3.63) is 57.0 Å². The van der Waals surface area contributed by atoms with Gasteiger partial charge in [-0.3, -0.25) is 0 Å². The number of hydrogen-bond donors (Lipinski definition) is 0. The van der Waals surface area contributed by atoms with Crippen molar-refractivity contribution < 1.29 is 4.52 Å². The van der Waals surface area contributed by atoms with E-state index in [0.29, 0.717) is 27.3 Å². The molecule has 0 aliphatic heterocycles. The molecule has 6 heteroatoms. The lowest BCUT2D eigenvalue weighted by atomic mass is 10.2. The molecule has 0 saturated heterocycles. The van der Waals surface area contributed by atoms with Crippen LogP contribution >= 0.6 is 39.1 Å². The van der Waals surface area contributed by atoms with Crippen LogP contribution in [0.3, 0.4) is 0 Å². The van der Waals surface area contributed by atoms with Gasteiger partial charge >= 0.3 is 0 Å². The number of benzene rings is 2. The minimum atomic E-state index is 0.363. The molecule has 0 aliphatic rings. The van der Waals surface area contributed by atoms with Gasteiger partial charge in [-0.25, -0.2) is 0 Å². The Hall–Kier alpha value is -1.36. The van der Waals surface area contributed by atoms with Gasteiger partial charge in [0.25, 0.3) is 5.89 Å². The second-order valence-corrected chi connectivity index (χ2v) is 5.82. The first-order valence-corrected chi connectivity index (χ1v) is 7.23. The lowest BCUT2D eigenvalue weighted by molar-refractivity contribution is 0.432. The molecule has 0 radical (unpaired) electrons. The number of hydrogen-bond acceptors (Lipinski definition) is 3. The second kappa shape index (κ2) is 5.56. The van der Waals surface area contributed by atoms with E-state index in [1.807, 2.05) is 24.3 Å². The molecule has 0 amide bonds. The van der Waals surface area contributed by atoms with E-state index in [1.165, 1.54) is 0 Å². The maximum atomic E-state index is 6.12. The predicted octanol–water partition coefficient (Wildman–Crippen LogP) is 5.47. The molecule has 20 heavy (non-hydrogen) atoms. The summed E-state index contributed by atoms with van der Waals surface area (Å²) in [7, 11) is 0. The Kier molecular flexibility index (Phi) is 3.78. The van der Waals surface area contributed by atoms with E-state index in [-0.39, 0.29) is 0 Å². The molecule has 0 spiro atoms. The van der Waals surface area contributed by atoms with Gasteiger partial charge in [-0.2, -0.15) is 4.98 Å². The zero-order valence-electron chi connectivity index (χ0n) is 9.98. The fraction of sp³-hybridized carbons (Fsp3) is 0. The molecule has 0 aliphatic carbocycles. The third-order valence-electron chi connectivity index (χ3n) is 2.67. The van der Waals surface area contributed by atoms with Crippen LogP contribution in [0.1, 0.15) is 0 Å². The van der Waals surface area contributed by atoms with Crippen molar-refractivity contribution in [3.8, 4) is 22.8 Å². The summed E-state index contributed by atoms with van der Waals surface area (Å²) in [6.07, 6.45) is 0. The van der Waals surface area contributed by atoms with Gasteiger partial charge < -0.3 is 4.52 Å². The minimum absolute atomic E-state index is 0.363. The van der Waals surface area contributed by atoms with Crippen molar-refractivity contribution in [2.24, 2.45) is 0 Å². The standard InChI is InChI=1S/C14H7BrCl2N2O/c15-9-3-1-2-8(6-9)13-18-14(20-19-13)11-5-4-10(16)7-12(11)17/h1-7H. The van der Waals surface area contributed by atoms with Crippen molar-refractivity contribution in [2.45, 2.75) is 0 Å². The summed E-state index contributed by atoms with van der Waals surface area (Å²) in [5, 5.41) is 5.00. The van der Waals surface area contributed by atoms with Gasteiger partial charge in [0.2, 0.25) is 5.82 Å². The Morgan fingerprint density at radius 2 is 1.90 bits per heavy atom. The van der Waals surface area contributed by atoms with E-state index in [1.54, 1.807) is 18.2 Å². The topological polar surface area (TPSA) is 38.9 Å². The average molecular weight is 370 g/mol. The van der Waals surface area contributed by atoms with E-state index in [9.17, 15) is 0 Å². The van der Waals surface area contributed by atoms with Crippen LogP contribution in [-0.4, -0.2) is 10.1 Å². The first kappa shape index (κ1) is 13.6. The van der Waals surface area contributed by atoms with Gasteiger partial charge in [-0.05, 0) is 30.3 Å². The molecule has 0 bridgehead atoms. The first-order valence-electron chi connectivity index (χ1n) is 5.68. The summed E-state index contributed by atoms with van der Waals surface area (Å²) in [5.41, 5.74) is 1.52. The summed E-state index contributed by atoms with van der Waals surface area (Å²) < 4.78 is 6.21. The Bertz CT molecular complexity index is 773. The van der Waals surface area contributed by atoms with E-state index in [4.69, 9.17) is 27.7 Å². The third kappa shape index (κ3) is 2.73. The zero-order chi connectivity index (χ0) is 14.1. The highest BCUT2D eigenvalue weighted by Gasteiger charge is 2.13. The average Bonchev–Trinajstić information content (AvgIpc) is 2.88.